The van der Waals surface area contributed by atoms with Gasteiger partial charge in [-0.05, 0) is 110 Å². The Labute approximate surface area is 585 Å². The largest absolute Gasteiger partial charge is 0.508 e. The number of aliphatic hydroxyl groups excluding tert-OH is 6. The first kappa shape index (κ1) is 74.9. The minimum atomic E-state index is -2.24. The van der Waals surface area contributed by atoms with Crippen molar-refractivity contribution in [3.05, 3.63) is 117 Å². The predicted octanol–water partition coefficient (Wildman–Crippen LogP) is 2.08. The topological polar surface area (TPSA) is 506 Å². The van der Waals surface area contributed by atoms with E-state index in [1.54, 1.807) is 0 Å². The van der Waals surface area contributed by atoms with Gasteiger partial charge in [0.1, 0.15) is 77.4 Å². The minimum Gasteiger partial charge on any atom is -0.508 e. The fourth-order valence-electron chi connectivity index (χ4n) is 13.0. The molecule has 2 saturated heterocycles. The van der Waals surface area contributed by atoms with Crippen LogP contribution in [0.25, 0.3) is 11.1 Å². The van der Waals surface area contributed by atoms with Crippen molar-refractivity contribution in [3.63, 3.8) is 0 Å². The molecule has 9 unspecified atom stereocenters. The zero-order valence-corrected chi connectivity index (χ0v) is 56.3. The number of primary amides is 1. The summed E-state index contributed by atoms with van der Waals surface area (Å²) in [4.78, 5) is 117. The van der Waals surface area contributed by atoms with Crippen LogP contribution in [-0.4, -0.2) is 185 Å². The third-order valence-electron chi connectivity index (χ3n) is 18.4. The predicted molar refractivity (Wildman–Crippen MR) is 352 cm³/mol. The highest BCUT2D eigenvalue weighted by Gasteiger charge is 2.51. The van der Waals surface area contributed by atoms with Crippen LogP contribution in [0.15, 0.2) is 78.9 Å². The first-order chi connectivity index (χ1) is 47.7. The highest BCUT2D eigenvalue weighted by Crippen LogP contribution is 2.50. The lowest BCUT2D eigenvalue weighted by molar-refractivity contribution is -0.333. The lowest BCUT2D eigenvalue weighted by Crippen LogP contribution is -2.64. The number of ketones is 2. The maximum absolute atomic E-state index is 16.1. The number of benzene rings is 5. The Morgan fingerprint density at radius 2 is 1.38 bits per heavy atom. The van der Waals surface area contributed by atoms with Crippen LogP contribution in [0, 0.1) is 11.8 Å². The molecule has 0 radical (unpaired) electrons. The molecule has 12 rings (SSSR count). The first-order valence-corrected chi connectivity index (χ1v) is 32.8. The SMILES string of the molecule is CN[C@H](CC(C)C)C(=O)N[C@H]1C(=O)C[C@@H](CC(N)=O)C(=O)N[C@H]2C(=O)C[C@H]3C(=O)N[C@H](C(=O)N[C@H](C(=O)O)c4cc(O)cc(O)c4-c4cc3ccc4O)[C@H](O)c3ccc(c(Cl)c3)Oc3cc2cc(c3OC2OC(CO)C(O)C(O)C2OC2CC(C)(N)C(O)C(C)O2)Oc2ccc(cc2Cl)[C@H]1O. The number of rotatable bonds is 13. The Bertz CT molecular complexity index is 4070. The summed E-state index contributed by atoms with van der Waals surface area (Å²) in [5.74, 6) is -18.5. The van der Waals surface area contributed by atoms with Crippen molar-refractivity contribution in [1.29, 1.82) is 0 Å². The number of likely N-dealkylation sites (N-methyl/N-ethyl adjacent to an activating group) is 1. The molecular formula is C68H77Cl2N7O24. The van der Waals surface area contributed by atoms with Gasteiger partial charge in [0.25, 0.3) is 0 Å². The van der Waals surface area contributed by atoms with Crippen LogP contribution in [0.3, 0.4) is 0 Å². The molecule has 5 amide bonds. The number of carboxylic acid groups (broad SMARTS) is 1. The minimum absolute atomic E-state index is 0.0768. The first-order valence-electron chi connectivity index (χ1n) is 32.1. The van der Waals surface area contributed by atoms with Crippen molar-refractivity contribution in [2.75, 3.05) is 13.7 Å². The maximum Gasteiger partial charge on any atom is 0.330 e. The summed E-state index contributed by atoms with van der Waals surface area (Å²) in [6.45, 7) is 5.72. The van der Waals surface area contributed by atoms with Crippen LogP contribution in [0.5, 0.6) is 46.0 Å². The number of carbonyl (C=O) groups is 8. The number of halogens is 2. The van der Waals surface area contributed by atoms with Gasteiger partial charge in [-0.1, -0.05) is 55.2 Å². The number of fused-ring (bicyclic) bond motifs is 15. The third kappa shape index (κ3) is 16.0. The average molecular weight is 1450 g/mol. The Hall–Kier alpha value is -8.80. The number of hydrogen-bond acceptors (Lipinski definition) is 25. The second-order valence-corrected chi connectivity index (χ2v) is 27.1. The molecule has 0 spiro atoms. The molecule has 2 fully saturated rings. The number of hydrogen-bond donors (Lipinski definition) is 17. The van der Waals surface area contributed by atoms with E-state index in [2.05, 4.69) is 26.6 Å². The molecule has 0 aliphatic carbocycles. The van der Waals surface area contributed by atoms with Gasteiger partial charge in [0.05, 0.1) is 46.7 Å². The number of amides is 5. The molecule has 5 aromatic rings. The van der Waals surface area contributed by atoms with E-state index in [1.807, 2.05) is 13.8 Å². The highest BCUT2D eigenvalue weighted by molar-refractivity contribution is 6.32. The summed E-state index contributed by atoms with van der Waals surface area (Å²) < 4.78 is 38.4. The van der Waals surface area contributed by atoms with Crippen molar-refractivity contribution in [1.82, 2.24) is 26.6 Å². The zero-order chi connectivity index (χ0) is 73.5. The molecule has 542 valence electrons. The summed E-state index contributed by atoms with van der Waals surface area (Å²) in [5.41, 5.74) is 8.47. The Balaban J connectivity index is 1.24. The molecule has 0 saturated carbocycles. The number of nitrogens with one attached hydrogen (secondary N) is 5. The summed E-state index contributed by atoms with van der Waals surface area (Å²) in [6.07, 6.45) is -20.3. The monoisotopic (exact) mass is 1450 g/mol. The Morgan fingerprint density at radius 1 is 0.743 bits per heavy atom. The number of phenols is 3. The number of phenolic OH excluding ortho intramolecular Hbond substituents is 3. The van der Waals surface area contributed by atoms with E-state index in [0.717, 1.165) is 60.7 Å². The van der Waals surface area contributed by atoms with Crippen molar-refractivity contribution >= 4 is 70.3 Å². The van der Waals surface area contributed by atoms with Gasteiger partial charge in [0.2, 0.25) is 41.6 Å². The lowest BCUT2D eigenvalue weighted by Gasteiger charge is -2.47. The number of aromatic hydroxyl groups is 3. The summed E-state index contributed by atoms with van der Waals surface area (Å²) in [6, 6.07) is 4.58. The summed E-state index contributed by atoms with van der Waals surface area (Å²) in [7, 11) is 1.49. The van der Waals surface area contributed by atoms with Gasteiger partial charge in [0.15, 0.2) is 41.5 Å². The van der Waals surface area contributed by atoms with Crippen LogP contribution in [0.1, 0.15) is 118 Å². The number of aliphatic carboxylic acids is 1. The van der Waals surface area contributed by atoms with Crippen molar-refractivity contribution in [2.45, 2.75) is 163 Å². The van der Waals surface area contributed by atoms with Crippen LogP contribution in [-0.2, 0) is 52.6 Å². The van der Waals surface area contributed by atoms with Gasteiger partial charge in [-0.15, -0.1) is 0 Å². The van der Waals surface area contributed by atoms with Crippen LogP contribution >= 0.6 is 23.2 Å². The van der Waals surface area contributed by atoms with E-state index < -0.39 is 238 Å². The van der Waals surface area contributed by atoms with Gasteiger partial charge < -0.3 is 118 Å². The van der Waals surface area contributed by atoms with Crippen LogP contribution in [0.4, 0.5) is 0 Å². The fourth-order valence-corrected chi connectivity index (χ4v) is 13.5. The molecule has 7 aliphatic heterocycles. The second-order valence-electron chi connectivity index (χ2n) is 26.3. The number of aliphatic hydroxyl groups is 6. The molecule has 5 aromatic carbocycles. The Morgan fingerprint density at radius 3 is 1.96 bits per heavy atom. The van der Waals surface area contributed by atoms with Gasteiger partial charge in [0, 0.05) is 54.0 Å². The van der Waals surface area contributed by atoms with Gasteiger partial charge in [-0.25, -0.2) is 4.79 Å². The second kappa shape index (κ2) is 30.4. The highest BCUT2D eigenvalue weighted by atomic mass is 35.5. The van der Waals surface area contributed by atoms with Gasteiger partial charge in [-0.3, -0.25) is 33.6 Å². The normalized spacial score (nSPS) is 29.6. The van der Waals surface area contributed by atoms with E-state index in [-0.39, 0.29) is 57.5 Å². The van der Waals surface area contributed by atoms with E-state index in [1.165, 1.54) is 39.1 Å². The van der Waals surface area contributed by atoms with E-state index in [4.69, 9.17) is 63.1 Å². The third-order valence-corrected chi connectivity index (χ3v) is 19.0. The quantitative estimate of drug-likeness (QED) is 0.0802. The molecule has 19 N–H and O–H groups in total. The van der Waals surface area contributed by atoms with Crippen LogP contribution < -0.4 is 52.3 Å². The molecule has 18 atom stereocenters. The molecule has 7 aliphatic rings. The molecule has 31 nitrogen and oxygen atoms in total. The van der Waals surface area contributed by atoms with E-state index >= 15 is 14.4 Å². The molecule has 0 aromatic heterocycles. The lowest BCUT2D eigenvalue weighted by atomic mass is 9.84. The van der Waals surface area contributed by atoms with Crippen LogP contribution in [0.2, 0.25) is 10.0 Å². The summed E-state index contributed by atoms with van der Waals surface area (Å²) >= 11 is 14.1. The molecule has 33 heteroatoms. The van der Waals surface area contributed by atoms with Crippen molar-refractivity contribution in [2.24, 2.45) is 23.3 Å². The number of carbonyl (C=O) groups excluding carboxylic acids is 7. The fraction of sp³-hybridized carbons (Fsp3) is 0.441. The Kier molecular flexibility index (Phi) is 22.5. The number of Topliss-reactive ketones (excluding diaryl/α,β-unsaturated/α-hetero) is 2. The number of carboxylic acids is 1. The van der Waals surface area contributed by atoms with Crippen molar-refractivity contribution in [3.8, 4) is 57.1 Å². The van der Waals surface area contributed by atoms with Crippen molar-refractivity contribution < 1.29 is 118 Å². The standard InChI is InChI=1S/C68H77Cl2N7O24/c1-25(2)12-38(73-5)64(92)76-53-41(82)16-31(19-48(71)84)62(90)74-51-30-17-45(97-43-10-7-28(55(53)85)14-36(43)69)59(101-67-60(58(88)57(87)47(24-78)99-67)100-49-23-68(4,72)61(89)26(3)96-49)46(18-30)98-44-11-8-29(15-37(44)70)56(86)54-65(93)75-52(66(94)95)35-20-32(79)21-40(81)50(35)34-13-27(6-9-39(34)80)33(22-42(51)83)63(91)77-54/h6-11,13-15,17-18,20-21,25-26,31,33,38,47,49,51-58,60-61,67,73,78-81,85-89H,12,16,19,22-24,72H2,1-5H3,(H2,71,84)(H,74,90)(H,75,93)(H,76,92)(H,77,91)(H,94,95)/t26?,31-,33+,38+,47?,49?,51+,52-,53-,54-,55+,56+,57?,58?,60?,61?,67?,68?/m0/s1. The number of ether oxygens (including phenoxy) is 6. The molecular weight excluding hydrogens is 1370 g/mol. The summed E-state index contributed by atoms with van der Waals surface area (Å²) in [5, 5.41) is 126. The number of nitrogens with two attached hydrogens (primary N) is 2. The average Bonchev–Trinajstić information content (AvgIpc) is 0.775. The maximum atomic E-state index is 16.1. The van der Waals surface area contributed by atoms with Gasteiger partial charge >= 0.3 is 5.97 Å². The smallest absolute Gasteiger partial charge is 0.330 e. The zero-order valence-electron chi connectivity index (χ0n) is 54.7. The van der Waals surface area contributed by atoms with Gasteiger partial charge in [-0.2, -0.15) is 0 Å². The molecule has 11 bridgehead atoms. The van der Waals surface area contributed by atoms with E-state index in [0.29, 0.717) is 0 Å². The molecule has 7 heterocycles. The molecule has 101 heavy (non-hydrogen) atoms. The van der Waals surface area contributed by atoms with E-state index in [9.17, 15) is 75.0 Å².